The molecule has 0 bridgehead atoms. The van der Waals surface area contributed by atoms with Crippen LogP contribution < -0.4 is 0 Å². The van der Waals surface area contributed by atoms with Gasteiger partial charge in [0.15, 0.2) is 0 Å². The normalized spacial score (nSPS) is 26.6. The molecule has 0 aliphatic carbocycles. The molecule has 1 nitrogen and oxygen atoms in total. The minimum Gasteiger partial charge on any atom is -0.259 e. The molecule has 48 valence electrons. The Morgan fingerprint density at radius 1 is 1.78 bits per heavy atom. The molecule has 0 spiro atoms. The fraction of sp³-hybridized carbons (Fsp3) is 0.429. The molecule has 0 aromatic carbocycles. The number of allylic oxidation sites excluding steroid dienone is 1. The molecule has 1 rings (SSSR count). The van der Waals surface area contributed by atoms with Crippen molar-refractivity contribution in [3.8, 4) is 12.3 Å². The predicted octanol–water partition coefficient (Wildman–Crippen LogP) is 0.698. The summed E-state index contributed by atoms with van der Waals surface area (Å²) < 4.78 is 10.8. The van der Waals surface area contributed by atoms with Gasteiger partial charge in [0.05, 0.1) is 5.75 Å². The van der Waals surface area contributed by atoms with Gasteiger partial charge < -0.3 is 0 Å². The van der Waals surface area contributed by atoms with Crippen molar-refractivity contribution in [2.24, 2.45) is 0 Å². The quantitative estimate of drug-likeness (QED) is 0.453. The molecule has 0 saturated heterocycles. The van der Waals surface area contributed by atoms with Crippen molar-refractivity contribution in [3.05, 3.63) is 11.6 Å². The maximum absolute atomic E-state index is 10.8. The summed E-state index contributed by atoms with van der Waals surface area (Å²) in [7, 11) is -0.681. The van der Waals surface area contributed by atoms with E-state index >= 15 is 0 Å². The van der Waals surface area contributed by atoms with E-state index in [4.69, 9.17) is 6.42 Å². The van der Waals surface area contributed by atoms with E-state index in [-0.39, 0.29) is 0 Å². The number of rotatable bonds is 0. The van der Waals surface area contributed by atoms with Crippen LogP contribution in [0.2, 0.25) is 0 Å². The molecule has 1 atom stereocenters. The molecule has 0 saturated carbocycles. The molecule has 0 amide bonds. The fourth-order valence-corrected chi connectivity index (χ4v) is 1.84. The summed E-state index contributed by atoms with van der Waals surface area (Å²) in [6.45, 7) is 0. The number of hydrogen-bond acceptors (Lipinski definition) is 1. The van der Waals surface area contributed by atoms with Gasteiger partial charge in [0.2, 0.25) is 0 Å². The Morgan fingerprint density at radius 3 is 3.00 bits per heavy atom. The lowest BCUT2D eigenvalue weighted by Gasteiger charge is -2.05. The SMILES string of the molecule is C#CC1=CCCS(=O)C1. The van der Waals surface area contributed by atoms with Crippen LogP contribution in [0.3, 0.4) is 0 Å². The van der Waals surface area contributed by atoms with Crippen molar-refractivity contribution < 1.29 is 4.21 Å². The molecular formula is C7H8OS. The first-order valence-electron chi connectivity index (χ1n) is 2.83. The van der Waals surface area contributed by atoms with Gasteiger partial charge in [0.25, 0.3) is 0 Å². The zero-order valence-corrected chi connectivity index (χ0v) is 5.91. The van der Waals surface area contributed by atoms with Crippen LogP contribution in [0.4, 0.5) is 0 Å². The van der Waals surface area contributed by atoms with Crippen molar-refractivity contribution in [1.29, 1.82) is 0 Å². The summed E-state index contributed by atoms with van der Waals surface area (Å²) in [6.07, 6.45) is 7.98. The van der Waals surface area contributed by atoms with Gasteiger partial charge in [0.1, 0.15) is 0 Å². The van der Waals surface area contributed by atoms with Crippen molar-refractivity contribution in [2.45, 2.75) is 6.42 Å². The molecule has 9 heavy (non-hydrogen) atoms. The van der Waals surface area contributed by atoms with Crippen molar-refractivity contribution in [3.63, 3.8) is 0 Å². The lowest BCUT2D eigenvalue weighted by Crippen LogP contribution is -2.08. The van der Waals surface area contributed by atoms with Gasteiger partial charge in [-0.05, 0) is 6.42 Å². The van der Waals surface area contributed by atoms with E-state index in [1.807, 2.05) is 6.08 Å². The Labute approximate surface area is 57.6 Å². The summed E-state index contributed by atoms with van der Waals surface area (Å²) in [4.78, 5) is 0. The predicted molar refractivity (Wildman–Crippen MR) is 39.4 cm³/mol. The second-order valence-electron chi connectivity index (χ2n) is 1.95. The Kier molecular flexibility index (Phi) is 2.07. The van der Waals surface area contributed by atoms with Crippen LogP contribution >= 0.6 is 0 Å². The van der Waals surface area contributed by atoms with Crippen molar-refractivity contribution in [1.82, 2.24) is 0 Å². The third kappa shape index (κ3) is 1.69. The minimum absolute atomic E-state index is 0.594. The van der Waals surface area contributed by atoms with Crippen LogP contribution in [0, 0.1) is 12.3 Å². The summed E-state index contributed by atoms with van der Waals surface area (Å²) in [5.41, 5.74) is 0.902. The van der Waals surface area contributed by atoms with Crippen LogP contribution in [-0.4, -0.2) is 15.7 Å². The van der Waals surface area contributed by atoms with E-state index in [1.54, 1.807) is 0 Å². The fourth-order valence-electron chi connectivity index (χ4n) is 0.770. The van der Waals surface area contributed by atoms with E-state index in [1.165, 1.54) is 0 Å². The van der Waals surface area contributed by atoms with E-state index in [2.05, 4.69) is 5.92 Å². The highest BCUT2D eigenvalue weighted by molar-refractivity contribution is 7.85. The zero-order valence-electron chi connectivity index (χ0n) is 5.09. The third-order valence-electron chi connectivity index (χ3n) is 1.24. The van der Waals surface area contributed by atoms with Gasteiger partial charge in [-0.15, -0.1) is 6.42 Å². The van der Waals surface area contributed by atoms with Crippen molar-refractivity contribution >= 4 is 10.8 Å². The lowest BCUT2D eigenvalue weighted by molar-refractivity contribution is 0.683. The van der Waals surface area contributed by atoms with Crippen LogP contribution in [0.25, 0.3) is 0 Å². The number of hydrogen-bond donors (Lipinski definition) is 0. The highest BCUT2D eigenvalue weighted by atomic mass is 32.2. The minimum atomic E-state index is -0.681. The first-order valence-corrected chi connectivity index (χ1v) is 4.32. The van der Waals surface area contributed by atoms with Gasteiger partial charge in [-0.25, -0.2) is 0 Å². The van der Waals surface area contributed by atoms with Gasteiger partial charge in [-0.1, -0.05) is 12.0 Å². The second kappa shape index (κ2) is 2.84. The number of terminal acetylenes is 1. The van der Waals surface area contributed by atoms with Gasteiger partial charge in [-0.3, -0.25) is 4.21 Å². The molecule has 0 aromatic heterocycles. The summed E-state index contributed by atoms with van der Waals surface area (Å²) in [6, 6.07) is 0. The van der Waals surface area contributed by atoms with Gasteiger partial charge >= 0.3 is 0 Å². The Balaban J connectivity index is 2.67. The molecule has 0 N–H and O–H groups in total. The average Bonchev–Trinajstić information content (AvgIpc) is 1.88. The highest BCUT2D eigenvalue weighted by Crippen LogP contribution is 2.06. The highest BCUT2D eigenvalue weighted by Gasteiger charge is 2.06. The topological polar surface area (TPSA) is 17.1 Å². The zero-order chi connectivity index (χ0) is 6.69. The molecule has 2 heteroatoms. The third-order valence-corrected chi connectivity index (χ3v) is 2.56. The Bertz CT molecular complexity index is 197. The molecule has 1 aliphatic heterocycles. The van der Waals surface area contributed by atoms with E-state index in [9.17, 15) is 4.21 Å². The molecule has 1 aliphatic rings. The van der Waals surface area contributed by atoms with Crippen molar-refractivity contribution in [2.75, 3.05) is 11.5 Å². The van der Waals surface area contributed by atoms with Gasteiger partial charge in [-0.2, -0.15) is 0 Å². The monoisotopic (exact) mass is 140 g/mol. The summed E-state index contributed by atoms with van der Waals surface area (Å²) in [5.74, 6) is 3.88. The molecule has 1 heterocycles. The second-order valence-corrected chi connectivity index (χ2v) is 3.53. The summed E-state index contributed by atoms with van der Waals surface area (Å²) >= 11 is 0. The van der Waals surface area contributed by atoms with Crippen LogP contribution in [0.1, 0.15) is 6.42 Å². The first-order chi connectivity index (χ1) is 4.33. The smallest absolute Gasteiger partial charge is 0.0562 e. The Morgan fingerprint density at radius 2 is 2.56 bits per heavy atom. The van der Waals surface area contributed by atoms with Crippen LogP contribution in [0.5, 0.6) is 0 Å². The molecule has 0 radical (unpaired) electrons. The summed E-state index contributed by atoms with van der Waals surface area (Å²) in [5, 5.41) is 0. The first kappa shape index (κ1) is 6.57. The average molecular weight is 140 g/mol. The van der Waals surface area contributed by atoms with E-state index in [0.717, 1.165) is 17.7 Å². The maximum Gasteiger partial charge on any atom is 0.0562 e. The Hall–Kier alpha value is -0.550. The van der Waals surface area contributed by atoms with E-state index < -0.39 is 10.8 Å². The molecule has 0 aromatic rings. The molecular weight excluding hydrogens is 132 g/mol. The van der Waals surface area contributed by atoms with Gasteiger partial charge in [0, 0.05) is 22.1 Å². The van der Waals surface area contributed by atoms with Crippen LogP contribution in [-0.2, 0) is 10.8 Å². The molecule has 1 unspecified atom stereocenters. The maximum atomic E-state index is 10.8. The lowest BCUT2D eigenvalue weighted by atomic mass is 10.2. The largest absolute Gasteiger partial charge is 0.259 e. The standard InChI is InChI=1S/C7H8OS/c1-2-7-4-3-5-9(8)6-7/h1,4H,3,5-6H2. The molecule has 0 fully saturated rings. The van der Waals surface area contributed by atoms with E-state index in [0.29, 0.717) is 5.75 Å². The van der Waals surface area contributed by atoms with Crippen LogP contribution in [0.15, 0.2) is 11.6 Å².